The number of halogens is 1. The molecule has 1 aliphatic heterocycles. The van der Waals surface area contributed by atoms with Gasteiger partial charge >= 0.3 is 0 Å². The molecule has 1 N–H and O–H groups in total. The molecule has 2 aromatic heterocycles. The van der Waals surface area contributed by atoms with Gasteiger partial charge in [-0.05, 0) is 67.3 Å². The van der Waals surface area contributed by atoms with E-state index in [9.17, 15) is 0 Å². The number of benzene rings is 2. The highest BCUT2D eigenvalue weighted by atomic mass is 35.5. The molecule has 8 heteroatoms. The minimum Gasteiger partial charge on any atom is -0.312 e. The summed E-state index contributed by atoms with van der Waals surface area (Å²) in [6.07, 6.45) is 13.0. The first kappa shape index (κ1) is 28.1. The van der Waals surface area contributed by atoms with Crippen LogP contribution in [0, 0.1) is 5.92 Å². The SMILES string of the molecule is Clc1nc(NN2CCC(CCCCN(Cc3ccccc3)Cc3ccccc3)CC2)c2ncn(C3CCCC3)c2n1. The van der Waals surface area contributed by atoms with Gasteiger partial charge in [0.1, 0.15) is 0 Å². The standard InChI is InChI=1S/C33H42ClN7/c34-33-36-31(30-32(37-33)41(25-35-30)29-16-7-8-17-29)38-40-21-18-26(19-22-40)11-9-10-20-39(23-27-12-3-1-4-13-27)24-28-14-5-2-6-15-28/h1-6,12-15,25-26,29H,7-11,16-24H2,(H,36,37,38). The summed E-state index contributed by atoms with van der Waals surface area (Å²) in [6.45, 7) is 5.14. The van der Waals surface area contributed by atoms with Crippen LogP contribution >= 0.6 is 11.6 Å². The molecule has 0 bridgehead atoms. The second kappa shape index (κ2) is 13.8. The van der Waals surface area contributed by atoms with Crippen LogP contribution in [0.15, 0.2) is 67.0 Å². The number of anilines is 1. The van der Waals surface area contributed by atoms with Crippen LogP contribution in [-0.4, -0.2) is 49.1 Å². The normalized spacial score (nSPS) is 17.1. The summed E-state index contributed by atoms with van der Waals surface area (Å²) < 4.78 is 2.20. The van der Waals surface area contributed by atoms with Crippen LogP contribution in [0.4, 0.5) is 5.82 Å². The third-order valence-corrected chi connectivity index (χ3v) is 8.99. The quantitative estimate of drug-likeness (QED) is 0.140. The summed E-state index contributed by atoms with van der Waals surface area (Å²) in [5, 5.41) is 2.56. The molecule has 0 radical (unpaired) electrons. The number of nitrogens with zero attached hydrogens (tertiary/aromatic N) is 6. The molecular formula is C33H42ClN7. The molecule has 2 aliphatic rings. The fourth-order valence-electron chi connectivity index (χ4n) is 6.57. The lowest BCUT2D eigenvalue weighted by Crippen LogP contribution is -2.38. The van der Waals surface area contributed by atoms with Crippen molar-refractivity contribution < 1.29 is 0 Å². The number of aromatic nitrogens is 4. The van der Waals surface area contributed by atoms with Crippen molar-refractivity contribution in [3.8, 4) is 0 Å². The lowest BCUT2D eigenvalue weighted by molar-refractivity contribution is 0.201. The van der Waals surface area contributed by atoms with E-state index >= 15 is 0 Å². The Morgan fingerprint density at radius 1 is 0.829 bits per heavy atom. The summed E-state index contributed by atoms with van der Waals surface area (Å²) in [5.41, 5.74) is 7.97. The molecule has 41 heavy (non-hydrogen) atoms. The maximum Gasteiger partial charge on any atom is 0.226 e. The minimum atomic E-state index is 0.281. The number of rotatable bonds is 12. The largest absolute Gasteiger partial charge is 0.312 e. The molecule has 216 valence electrons. The number of hydrogen-bond donors (Lipinski definition) is 1. The van der Waals surface area contributed by atoms with Gasteiger partial charge in [-0.25, -0.2) is 9.99 Å². The Bertz CT molecular complexity index is 1320. The Morgan fingerprint density at radius 2 is 1.49 bits per heavy atom. The first-order valence-corrected chi connectivity index (χ1v) is 15.8. The van der Waals surface area contributed by atoms with Crippen LogP contribution in [-0.2, 0) is 13.1 Å². The Kier molecular flexibility index (Phi) is 9.45. The lowest BCUT2D eigenvalue weighted by atomic mass is 9.92. The molecule has 0 atom stereocenters. The first-order valence-electron chi connectivity index (χ1n) is 15.4. The second-order valence-corrected chi connectivity index (χ2v) is 12.2. The van der Waals surface area contributed by atoms with Crippen molar-refractivity contribution >= 4 is 28.6 Å². The van der Waals surface area contributed by atoms with E-state index in [1.165, 1.54) is 68.9 Å². The number of unbranched alkanes of at least 4 members (excludes halogenated alkanes) is 1. The third-order valence-electron chi connectivity index (χ3n) is 8.83. The van der Waals surface area contributed by atoms with E-state index in [0.29, 0.717) is 6.04 Å². The minimum absolute atomic E-state index is 0.281. The topological polar surface area (TPSA) is 62.1 Å². The monoisotopic (exact) mass is 571 g/mol. The molecule has 7 nitrogen and oxygen atoms in total. The Morgan fingerprint density at radius 3 is 2.15 bits per heavy atom. The molecule has 1 saturated heterocycles. The molecule has 2 aromatic carbocycles. The number of fused-ring (bicyclic) bond motifs is 1. The van der Waals surface area contributed by atoms with Gasteiger partial charge in [0, 0.05) is 32.2 Å². The van der Waals surface area contributed by atoms with Gasteiger partial charge in [0.05, 0.1) is 6.33 Å². The fraction of sp³-hybridized carbons (Fsp3) is 0.485. The first-order chi connectivity index (χ1) is 20.2. The molecule has 3 heterocycles. The van der Waals surface area contributed by atoms with Crippen LogP contribution in [0.25, 0.3) is 11.2 Å². The third kappa shape index (κ3) is 7.45. The number of piperidine rings is 1. The molecule has 0 amide bonds. The van der Waals surface area contributed by atoms with Gasteiger partial charge in [-0.3, -0.25) is 4.90 Å². The average Bonchev–Trinajstić information content (AvgIpc) is 3.68. The Labute approximate surface area is 248 Å². The highest BCUT2D eigenvalue weighted by Gasteiger charge is 2.24. The van der Waals surface area contributed by atoms with Crippen LogP contribution in [0.5, 0.6) is 0 Å². The van der Waals surface area contributed by atoms with Gasteiger partial charge in [0.15, 0.2) is 17.0 Å². The van der Waals surface area contributed by atoms with Crippen LogP contribution in [0.2, 0.25) is 5.28 Å². The summed E-state index contributed by atoms with van der Waals surface area (Å²) >= 11 is 6.36. The van der Waals surface area contributed by atoms with Crippen molar-refractivity contribution in [3.63, 3.8) is 0 Å². The van der Waals surface area contributed by atoms with E-state index in [4.69, 9.17) is 11.6 Å². The molecule has 4 aromatic rings. The van der Waals surface area contributed by atoms with Gasteiger partial charge in [-0.15, -0.1) is 0 Å². The van der Waals surface area contributed by atoms with Crippen molar-refractivity contribution in [2.75, 3.05) is 25.1 Å². The molecular weight excluding hydrogens is 530 g/mol. The Balaban J connectivity index is 0.974. The zero-order valence-electron chi connectivity index (χ0n) is 24.0. The Hall–Kier alpha value is -3.00. The summed E-state index contributed by atoms with van der Waals surface area (Å²) in [5.74, 6) is 1.51. The molecule has 6 rings (SSSR count). The van der Waals surface area contributed by atoms with Gasteiger partial charge in [-0.1, -0.05) is 86.3 Å². The van der Waals surface area contributed by atoms with Crippen LogP contribution < -0.4 is 5.43 Å². The molecule has 1 aliphatic carbocycles. The molecule has 1 saturated carbocycles. The van der Waals surface area contributed by atoms with E-state index in [0.717, 1.165) is 55.6 Å². The van der Waals surface area contributed by atoms with Crippen LogP contribution in [0.3, 0.4) is 0 Å². The van der Waals surface area contributed by atoms with Crippen molar-refractivity contribution in [1.29, 1.82) is 0 Å². The number of hydrazine groups is 1. The van der Waals surface area contributed by atoms with E-state index in [1.807, 2.05) is 6.33 Å². The predicted molar refractivity (Wildman–Crippen MR) is 167 cm³/mol. The number of imidazole rings is 1. The maximum absolute atomic E-state index is 6.36. The van der Waals surface area contributed by atoms with Crippen molar-refractivity contribution in [2.45, 2.75) is 76.9 Å². The zero-order chi connectivity index (χ0) is 27.9. The van der Waals surface area contributed by atoms with Gasteiger partial charge < -0.3 is 9.99 Å². The predicted octanol–water partition coefficient (Wildman–Crippen LogP) is 7.51. The smallest absolute Gasteiger partial charge is 0.226 e. The maximum atomic E-state index is 6.36. The summed E-state index contributed by atoms with van der Waals surface area (Å²) in [7, 11) is 0. The van der Waals surface area contributed by atoms with Gasteiger partial charge in [0.2, 0.25) is 5.28 Å². The van der Waals surface area contributed by atoms with Crippen molar-refractivity contribution in [1.82, 2.24) is 29.4 Å². The fourth-order valence-corrected chi connectivity index (χ4v) is 6.73. The summed E-state index contributed by atoms with van der Waals surface area (Å²) in [4.78, 5) is 16.3. The van der Waals surface area contributed by atoms with E-state index in [-0.39, 0.29) is 5.28 Å². The summed E-state index contributed by atoms with van der Waals surface area (Å²) in [6, 6.07) is 22.2. The highest BCUT2D eigenvalue weighted by Crippen LogP contribution is 2.33. The van der Waals surface area contributed by atoms with E-state index in [2.05, 4.69) is 95.5 Å². The van der Waals surface area contributed by atoms with Gasteiger partial charge in [-0.2, -0.15) is 9.97 Å². The van der Waals surface area contributed by atoms with Crippen LogP contribution in [0.1, 0.15) is 75.0 Å². The second-order valence-electron chi connectivity index (χ2n) is 11.8. The van der Waals surface area contributed by atoms with Gasteiger partial charge in [0.25, 0.3) is 0 Å². The van der Waals surface area contributed by atoms with E-state index in [1.54, 1.807) is 0 Å². The highest BCUT2D eigenvalue weighted by molar-refractivity contribution is 6.28. The lowest BCUT2D eigenvalue weighted by Gasteiger charge is -2.32. The zero-order valence-corrected chi connectivity index (χ0v) is 24.7. The van der Waals surface area contributed by atoms with Crippen molar-refractivity contribution in [2.24, 2.45) is 5.92 Å². The number of nitrogens with one attached hydrogen (secondary N) is 1. The molecule has 0 unspecified atom stereocenters. The average molecular weight is 572 g/mol. The molecule has 2 fully saturated rings. The number of hydrogen-bond acceptors (Lipinski definition) is 6. The van der Waals surface area contributed by atoms with E-state index < -0.39 is 0 Å². The van der Waals surface area contributed by atoms with Crippen molar-refractivity contribution in [3.05, 3.63) is 83.4 Å². The molecule has 0 spiro atoms.